The van der Waals surface area contributed by atoms with Crippen molar-refractivity contribution in [3.8, 4) is 0 Å². The highest BCUT2D eigenvalue weighted by Gasteiger charge is 2.44. The smallest absolute Gasteiger partial charge is 0.250 e. The maximum Gasteiger partial charge on any atom is 0.250 e. The van der Waals surface area contributed by atoms with Crippen LogP contribution >= 0.6 is 0 Å². The summed E-state index contributed by atoms with van der Waals surface area (Å²) in [7, 11) is 0. The molecule has 0 aliphatic carbocycles. The zero-order valence-corrected chi connectivity index (χ0v) is 15.3. The number of amides is 2. The summed E-state index contributed by atoms with van der Waals surface area (Å²) in [6.45, 7) is 4.69. The highest BCUT2D eigenvalue weighted by Crippen LogP contribution is 2.36. The van der Waals surface area contributed by atoms with Crippen molar-refractivity contribution in [3.05, 3.63) is 24.3 Å². The van der Waals surface area contributed by atoms with Gasteiger partial charge in [-0.05, 0) is 63.9 Å². The Labute approximate surface area is 154 Å². The Morgan fingerprint density at radius 1 is 1.04 bits per heavy atom. The summed E-state index contributed by atoms with van der Waals surface area (Å²) in [5.41, 5.74) is 1.22. The van der Waals surface area contributed by atoms with Gasteiger partial charge in [-0.1, -0.05) is 12.1 Å². The van der Waals surface area contributed by atoms with E-state index in [4.69, 9.17) is 0 Å². The van der Waals surface area contributed by atoms with Gasteiger partial charge in [-0.2, -0.15) is 0 Å². The lowest BCUT2D eigenvalue weighted by Crippen LogP contribution is -2.59. The summed E-state index contributed by atoms with van der Waals surface area (Å²) in [5.74, 6) is 0.257. The van der Waals surface area contributed by atoms with Crippen molar-refractivity contribution in [1.82, 2.24) is 9.80 Å². The third-order valence-corrected chi connectivity index (χ3v) is 6.02. The molecule has 2 fully saturated rings. The number of rotatable bonds is 4. The number of likely N-dealkylation sites (tertiary alicyclic amines) is 2. The van der Waals surface area contributed by atoms with E-state index in [9.17, 15) is 9.59 Å². The number of nitrogens with one attached hydrogen (secondary N) is 2. The van der Waals surface area contributed by atoms with Crippen LogP contribution in [-0.2, 0) is 9.59 Å². The van der Waals surface area contributed by atoms with Crippen molar-refractivity contribution in [1.29, 1.82) is 0 Å². The summed E-state index contributed by atoms with van der Waals surface area (Å²) in [6, 6.07) is 7.79. The molecular formula is C20H28N4O2. The zero-order valence-electron chi connectivity index (χ0n) is 15.3. The quantitative estimate of drug-likeness (QED) is 0.869. The summed E-state index contributed by atoms with van der Waals surface area (Å²) < 4.78 is 0. The Hall–Kier alpha value is -2.08. The predicted octanol–water partition coefficient (Wildman–Crippen LogP) is 2.29. The molecule has 140 valence electrons. The van der Waals surface area contributed by atoms with E-state index in [1.54, 1.807) is 0 Å². The first-order chi connectivity index (χ1) is 12.7. The van der Waals surface area contributed by atoms with Crippen molar-refractivity contribution in [2.45, 2.75) is 44.1 Å². The highest BCUT2D eigenvalue weighted by molar-refractivity contribution is 6.06. The minimum absolute atomic E-state index is 0.0253. The second-order valence-electron chi connectivity index (χ2n) is 7.74. The molecule has 6 heteroatoms. The van der Waals surface area contributed by atoms with Gasteiger partial charge in [-0.25, -0.2) is 0 Å². The SMILES string of the molecule is O=C(CCCN1CCCC1)N1CCC2(CC1)Nc1ccccc1NC2=O. The summed E-state index contributed by atoms with van der Waals surface area (Å²) in [6.07, 6.45) is 5.45. The van der Waals surface area contributed by atoms with Crippen LogP contribution in [0.1, 0.15) is 38.5 Å². The number of hydrogen-bond donors (Lipinski definition) is 2. The molecule has 0 aromatic heterocycles. The lowest BCUT2D eigenvalue weighted by atomic mass is 9.84. The maximum atomic E-state index is 12.6. The van der Waals surface area contributed by atoms with Crippen LogP contribution in [-0.4, -0.2) is 59.9 Å². The fraction of sp³-hybridized carbons (Fsp3) is 0.600. The molecule has 3 aliphatic rings. The summed E-state index contributed by atoms with van der Waals surface area (Å²) in [5, 5.41) is 6.46. The molecule has 0 bridgehead atoms. The molecule has 4 rings (SSSR count). The molecule has 26 heavy (non-hydrogen) atoms. The number of benzene rings is 1. The van der Waals surface area contributed by atoms with Gasteiger partial charge in [-0.15, -0.1) is 0 Å². The van der Waals surface area contributed by atoms with Crippen LogP contribution < -0.4 is 10.6 Å². The average molecular weight is 356 g/mol. The third kappa shape index (κ3) is 3.43. The molecule has 0 saturated carbocycles. The summed E-state index contributed by atoms with van der Waals surface area (Å²) >= 11 is 0. The minimum Gasteiger partial charge on any atom is -0.369 e. The van der Waals surface area contributed by atoms with E-state index in [0.717, 1.165) is 24.3 Å². The van der Waals surface area contributed by atoms with Crippen molar-refractivity contribution in [2.24, 2.45) is 0 Å². The van der Waals surface area contributed by atoms with Gasteiger partial charge in [0.1, 0.15) is 5.54 Å². The van der Waals surface area contributed by atoms with Crippen LogP contribution in [0.5, 0.6) is 0 Å². The second-order valence-corrected chi connectivity index (χ2v) is 7.74. The summed E-state index contributed by atoms with van der Waals surface area (Å²) in [4.78, 5) is 29.5. The first-order valence-electron chi connectivity index (χ1n) is 9.85. The van der Waals surface area contributed by atoms with Gasteiger partial charge >= 0.3 is 0 Å². The number of hydrogen-bond acceptors (Lipinski definition) is 4. The standard InChI is InChI=1S/C20H28N4O2/c25-18(8-5-13-23-11-3-4-12-23)24-14-9-20(10-15-24)19(26)21-16-6-1-2-7-17(16)22-20/h1-2,6-7,22H,3-5,8-15H2,(H,21,26). The van der Waals surface area contributed by atoms with E-state index in [1.807, 2.05) is 29.2 Å². The number of carbonyl (C=O) groups excluding carboxylic acids is 2. The predicted molar refractivity (Wildman–Crippen MR) is 102 cm³/mol. The molecular weight excluding hydrogens is 328 g/mol. The number of carbonyl (C=O) groups is 2. The molecule has 0 atom stereocenters. The largest absolute Gasteiger partial charge is 0.369 e. The van der Waals surface area contributed by atoms with E-state index < -0.39 is 5.54 Å². The van der Waals surface area contributed by atoms with E-state index in [0.29, 0.717) is 32.4 Å². The van der Waals surface area contributed by atoms with Gasteiger partial charge < -0.3 is 20.4 Å². The molecule has 2 N–H and O–H groups in total. The first-order valence-corrected chi connectivity index (χ1v) is 9.85. The molecule has 0 unspecified atom stereocenters. The van der Waals surface area contributed by atoms with Crippen LogP contribution in [0, 0.1) is 0 Å². The Kier molecular flexibility index (Phi) is 4.85. The third-order valence-electron chi connectivity index (χ3n) is 6.02. The number of nitrogens with zero attached hydrogens (tertiary/aromatic N) is 2. The van der Waals surface area contributed by atoms with Crippen LogP contribution in [0.3, 0.4) is 0 Å². The maximum absolute atomic E-state index is 12.6. The molecule has 0 radical (unpaired) electrons. The molecule has 2 amide bonds. The Morgan fingerprint density at radius 2 is 1.73 bits per heavy atom. The van der Waals surface area contributed by atoms with Crippen molar-refractivity contribution < 1.29 is 9.59 Å². The number of anilines is 2. The van der Waals surface area contributed by atoms with E-state index in [2.05, 4.69) is 15.5 Å². The van der Waals surface area contributed by atoms with Crippen molar-refractivity contribution in [3.63, 3.8) is 0 Å². The van der Waals surface area contributed by atoms with Crippen LogP contribution in [0.4, 0.5) is 11.4 Å². The molecule has 1 spiro atoms. The lowest BCUT2D eigenvalue weighted by Gasteiger charge is -2.44. The zero-order chi connectivity index (χ0) is 18.0. The van der Waals surface area contributed by atoms with E-state index >= 15 is 0 Å². The number of para-hydroxylation sites is 2. The Morgan fingerprint density at radius 3 is 2.46 bits per heavy atom. The fourth-order valence-electron chi connectivity index (χ4n) is 4.37. The normalized spacial score (nSPS) is 22.0. The Balaban J connectivity index is 1.29. The second kappa shape index (κ2) is 7.27. The molecule has 6 nitrogen and oxygen atoms in total. The number of piperidine rings is 1. The number of fused-ring (bicyclic) bond motifs is 1. The Bertz CT molecular complexity index is 676. The molecule has 3 heterocycles. The van der Waals surface area contributed by atoms with Crippen LogP contribution in [0.2, 0.25) is 0 Å². The molecule has 1 aromatic carbocycles. The molecule has 3 aliphatic heterocycles. The van der Waals surface area contributed by atoms with Crippen molar-refractivity contribution in [2.75, 3.05) is 43.4 Å². The highest BCUT2D eigenvalue weighted by atomic mass is 16.2. The van der Waals surface area contributed by atoms with Gasteiger partial charge in [-0.3, -0.25) is 9.59 Å². The molecule has 2 saturated heterocycles. The van der Waals surface area contributed by atoms with Crippen molar-refractivity contribution >= 4 is 23.2 Å². The minimum atomic E-state index is -0.583. The fourth-order valence-corrected chi connectivity index (χ4v) is 4.37. The first kappa shape index (κ1) is 17.3. The topological polar surface area (TPSA) is 64.7 Å². The molecule has 1 aromatic rings. The van der Waals surface area contributed by atoms with Gasteiger partial charge in [0, 0.05) is 19.5 Å². The van der Waals surface area contributed by atoms with Gasteiger partial charge in [0.05, 0.1) is 11.4 Å². The van der Waals surface area contributed by atoms with Gasteiger partial charge in [0.25, 0.3) is 0 Å². The van der Waals surface area contributed by atoms with E-state index in [-0.39, 0.29) is 11.8 Å². The lowest BCUT2D eigenvalue weighted by molar-refractivity contribution is -0.134. The van der Waals surface area contributed by atoms with Gasteiger partial charge in [0.2, 0.25) is 11.8 Å². The van der Waals surface area contributed by atoms with Crippen LogP contribution in [0.25, 0.3) is 0 Å². The average Bonchev–Trinajstić information content (AvgIpc) is 3.17. The van der Waals surface area contributed by atoms with Crippen LogP contribution in [0.15, 0.2) is 24.3 Å². The van der Waals surface area contributed by atoms with Gasteiger partial charge in [0.15, 0.2) is 0 Å². The van der Waals surface area contributed by atoms with E-state index in [1.165, 1.54) is 25.9 Å². The monoisotopic (exact) mass is 356 g/mol.